The number of piperidine rings is 1. The molecule has 1 saturated heterocycles. The number of rotatable bonds is 5. The molecule has 23 heavy (non-hydrogen) atoms. The Bertz CT molecular complexity index is 631. The van der Waals surface area contributed by atoms with Crippen LogP contribution in [0.1, 0.15) is 18.4 Å². The van der Waals surface area contributed by atoms with E-state index in [9.17, 15) is 4.79 Å². The van der Waals surface area contributed by atoms with E-state index in [1.165, 1.54) is 5.56 Å². The van der Waals surface area contributed by atoms with Crippen molar-refractivity contribution in [1.82, 2.24) is 4.90 Å². The van der Waals surface area contributed by atoms with Gasteiger partial charge in [0.05, 0.1) is 5.92 Å². The van der Waals surface area contributed by atoms with Crippen molar-refractivity contribution >= 4 is 5.97 Å². The molecule has 0 radical (unpaired) electrons. The monoisotopic (exact) mass is 311 g/mol. The van der Waals surface area contributed by atoms with Gasteiger partial charge in [-0.05, 0) is 55.8 Å². The minimum absolute atomic E-state index is 0.173. The van der Waals surface area contributed by atoms with Gasteiger partial charge in [-0.2, -0.15) is 0 Å². The molecule has 0 amide bonds. The maximum absolute atomic E-state index is 11.0. The third-order valence-electron chi connectivity index (χ3n) is 4.25. The van der Waals surface area contributed by atoms with Gasteiger partial charge >= 0.3 is 5.97 Å². The van der Waals surface area contributed by atoms with E-state index in [4.69, 9.17) is 9.84 Å². The highest BCUT2D eigenvalue weighted by Gasteiger charge is 2.24. The van der Waals surface area contributed by atoms with Gasteiger partial charge in [0.15, 0.2) is 0 Å². The number of carbonyl (C=O) groups is 1. The molecule has 2 aromatic rings. The fraction of sp³-hybridized carbons (Fsp3) is 0.316. The van der Waals surface area contributed by atoms with E-state index in [0.717, 1.165) is 44.0 Å². The third kappa shape index (κ3) is 4.33. The summed E-state index contributed by atoms with van der Waals surface area (Å²) >= 11 is 0. The quantitative estimate of drug-likeness (QED) is 0.913. The highest BCUT2D eigenvalue weighted by molar-refractivity contribution is 5.70. The average Bonchev–Trinajstić information content (AvgIpc) is 2.58. The van der Waals surface area contributed by atoms with E-state index in [2.05, 4.69) is 17.0 Å². The summed E-state index contributed by atoms with van der Waals surface area (Å²) in [6, 6.07) is 17.8. The van der Waals surface area contributed by atoms with Crippen LogP contribution in [0.2, 0.25) is 0 Å². The lowest BCUT2D eigenvalue weighted by molar-refractivity contribution is -0.143. The molecule has 0 aromatic heterocycles. The van der Waals surface area contributed by atoms with Gasteiger partial charge in [0.2, 0.25) is 0 Å². The molecular formula is C19H21NO3. The first-order valence-corrected chi connectivity index (χ1v) is 7.98. The van der Waals surface area contributed by atoms with Crippen molar-refractivity contribution in [3.63, 3.8) is 0 Å². The molecule has 0 aliphatic carbocycles. The number of likely N-dealkylation sites (tertiary alicyclic amines) is 1. The molecule has 4 heteroatoms. The first-order valence-electron chi connectivity index (χ1n) is 7.98. The van der Waals surface area contributed by atoms with Crippen LogP contribution in [0, 0.1) is 5.92 Å². The number of carboxylic acid groups (broad SMARTS) is 1. The Hall–Kier alpha value is -2.33. The second-order valence-corrected chi connectivity index (χ2v) is 5.95. The average molecular weight is 311 g/mol. The van der Waals surface area contributed by atoms with E-state index in [0.29, 0.717) is 0 Å². The Labute approximate surface area is 136 Å². The predicted molar refractivity (Wildman–Crippen MR) is 88.6 cm³/mol. The van der Waals surface area contributed by atoms with Gasteiger partial charge in [0.25, 0.3) is 0 Å². The molecule has 1 aliphatic rings. The number of nitrogens with zero attached hydrogens (tertiary/aromatic N) is 1. The van der Waals surface area contributed by atoms with Crippen LogP contribution in [0.25, 0.3) is 0 Å². The lowest BCUT2D eigenvalue weighted by atomic mass is 9.97. The second kappa shape index (κ2) is 7.29. The summed E-state index contributed by atoms with van der Waals surface area (Å²) in [5, 5.41) is 9.03. The molecular weight excluding hydrogens is 290 g/mol. The molecule has 4 nitrogen and oxygen atoms in total. The van der Waals surface area contributed by atoms with Gasteiger partial charge in [-0.25, -0.2) is 0 Å². The van der Waals surface area contributed by atoms with Gasteiger partial charge in [-0.15, -0.1) is 0 Å². The SMILES string of the molecule is O=C(O)C1CCN(Cc2ccc(Oc3ccccc3)cc2)CC1. The van der Waals surface area contributed by atoms with Crippen LogP contribution in [0.5, 0.6) is 11.5 Å². The van der Waals surface area contributed by atoms with E-state index in [-0.39, 0.29) is 5.92 Å². The van der Waals surface area contributed by atoms with E-state index < -0.39 is 5.97 Å². The number of para-hydroxylation sites is 1. The van der Waals surface area contributed by atoms with Gasteiger partial charge in [0, 0.05) is 6.54 Å². The zero-order chi connectivity index (χ0) is 16.1. The van der Waals surface area contributed by atoms with Gasteiger partial charge < -0.3 is 9.84 Å². The summed E-state index contributed by atoms with van der Waals surface area (Å²) in [6.45, 7) is 2.55. The van der Waals surface area contributed by atoms with Crippen molar-refractivity contribution in [1.29, 1.82) is 0 Å². The van der Waals surface area contributed by atoms with Gasteiger partial charge in [0.1, 0.15) is 11.5 Å². The molecule has 2 aromatic carbocycles. The maximum atomic E-state index is 11.0. The van der Waals surface area contributed by atoms with Crippen LogP contribution in [0.15, 0.2) is 54.6 Å². The smallest absolute Gasteiger partial charge is 0.306 e. The molecule has 0 saturated carbocycles. The minimum Gasteiger partial charge on any atom is -0.481 e. The standard InChI is InChI=1S/C19H21NO3/c21-19(22)16-10-12-20(13-11-16)14-15-6-8-18(9-7-15)23-17-4-2-1-3-5-17/h1-9,16H,10-14H2,(H,21,22). The number of carboxylic acids is 1. The Balaban J connectivity index is 1.53. The molecule has 0 unspecified atom stereocenters. The zero-order valence-electron chi connectivity index (χ0n) is 13.0. The van der Waals surface area contributed by atoms with Crippen LogP contribution in [0.4, 0.5) is 0 Å². The summed E-state index contributed by atoms with van der Waals surface area (Å²) in [4.78, 5) is 13.3. The van der Waals surface area contributed by atoms with Crippen molar-refractivity contribution < 1.29 is 14.6 Å². The number of aliphatic carboxylic acids is 1. The maximum Gasteiger partial charge on any atom is 0.306 e. The summed E-state index contributed by atoms with van der Waals surface area (Å²) in [6.07, 6.45) is 1.48. The van der Waals surface area contributed by atoms with Crippen molar-refractivity contribution in [2.45, 2.75) is 19.4 Å². The van der Waals surface area contributed by atoms with Crippen molar-refractivity contribution in [3.05, 3.63) is 60.2 Å². The van der Waals surface area contributed by atoms with Crippen LogP contribution in [-0.4, -0.2) is 29.1 Å². The largest absolute Gasteiger partial charge is 0.481 e. The summed E-state index contributed by atoms with van der Waals surface area (Å²) in [7, 11) is 0. The van der Waals surface area contributed by atoms with Crippen LogP contribution in [-0.2, 0) is 11.3 Å². The summed E-state index contributed by atoms with van der Waals surface area (Å²) in [5.41, 5.74) is 1.22. The lowest BCUT2D eigenvalue weighted by Gasteiger charge is -2.30. The fourth-order valence-electron chi connectivity index (χ4n) is 2.88. The minimum atomic E-state index is -0.660. The van der Waals surface area contributed by atoms with Crippen LogP contribution < -0.4 is 4.74 Å². The molecule has 1 heterocycles. The molecule has 1 aliphatic heterocycles. The Kier molecular flexibility index (Phi) is 4.93. The normalized spacial score (nSPS) is 16.2. The third-order valence-corrected chi connectivity index (χ3v) is 4.25. The summed E-state index contributed by atoms with van der Waals surface area (Å²) in [5.74, 6) is 0.820. The number of hydrogen-bond donors (Lipinski definition) is 1. The Morgan fingerprint density at radius 3 is 2.22 bits per heavy atom. The highest BCUT2D eigenvalue weighted by Crippen LogP contribution is 2.23. The first kappa shape index (κ1) is 15.6. The topological polar surface area (TPSA) is 49.8 Å². The van der Waals surface area contributed by atoms with E-state index in [1.807, 2.05) is 42.5 Å². The molecule has 0 atom stereocenters. The molecule has 1 fully saturated rings. The molecule has 0 spiro atoms. The summed E-state index contributed by atoms with van der Waals surface area (Å²) < 4.78 is 5.78. The number of hydrogen-bond acceptors (Lipinski definition) is 3. The van der Waals surface area contributed by atoms with Gasteiger partial charge in [-0.3, -0.25) is 9.69 Å². The van der Waals surface area contributed by atoms with Gasteiger partial charge in [-0.1, -0.05) is 30.3 Å². The lowest BCUT2D eigenvalue weighted by Crippen LogP contribution is -2.35. The molecule has 0 bridgehead atoms. The molecule has 3 rings (SSSR count). The van der Waals surface area contributed by atoms with E-state index in [1.54, 1.807) is 0 Å². The second-order valence-electron chi connectivity index (χ2n) is 5.95. The Morgan fingerprint density at radius 1 is 1.00 bits per heavy atom. The van der Waals surface area contributed by atoms with E-state index >= 15 is 0 Å². The molecule has 1 N–H and O–H groups in total. The van der Waals surface area contributed by atoms with Crippen LogP contribution >= 0.6 is 0 Å². The molecule has 120 valence electrons. The van der Waals surface area contributed by atoms with Crippen molar-refractivity contribution in [2.24, 2.45) is 5.92 Å². The highest BCUT2D eigenvalue weighted by atomic mass is 16.5. The Morgan fingerprint density at radius 2 is 1.61 bits per heavy atom. The first-order chi connectivity index (χ1) is 11.2. The predicted octanol–water partition coefficient (Wildman–Crippen LogP) is 3.78. The van der Waals surface area contributed by atoms with Crippen LogP contribution in [0.3, 0.4) is 0 Å². The zero-order valence-corrected chi connectivity index (χ0v) is 13.0. The van der Waals surface area contributed by atoms with Crippen molar-refractivity contribution in [3.8, 4) is 11.5 Å². The number of benzene rings is 2. The fourth-order valence-corrected chi connectivity index (χ4v) is 2.88. The van der Waals surface area contributed by atoms with Crippen molar-refractivity contribution in [2.75, 3.05) is 13.1 Å². The number of ether oxygens (including phenoxy) is 1.